The van der Waals surface area contributed by atoms with Gasteiger partial charge in [0.15, 0.2) is 23.1 Å². The van der Waals surface area contributed by atoms with Gasteiger partial charge in [-0.05, 0) is 46.3 Å². The largest absolute Gasteiger partial charge is 0.449 e. The molecule has 0 bridgehead atoms. The maximum atomic E-state index is 13.0. The molecule has 0 N–H and O–H groups in total. The van der Waals surface area contributed by atoms with Crippen LogP contribution < -0.4 is 4.74 Å². The number of ether oxygens (including phenoxy) is 1. The Labute approximate surface area is 167 Å². The number of fused-ring (bicyclic) bond motifs is 2. The van der Waals surface area contributed by atoms with Crippen LogP contribution >= 0.6 is 15.9 Å². The summed E-state index contributed by atoms with van der Waals surface area (Å²) in [6.45, 7) is 1.27. The number of hydrogen-bond donors (Lipinski definition) is 0. The molecule has 3 aromatic rings. The standard InChI is InChI=1S/C21H11BrO6/c1-10(23)15-9-13-17(24)16-12(18(25)19(13)27-15)7-8-14(22)20(16)28-21(26)11-5-3-2-4-6-11/h2-9H,1H3. The van der Waals surface area contributed by atoms with Crippen molar-refractivity contribution in [2.75, 3.05) is 0 Å². The van der Waals surface area contributed by atoms with E-state index in [4.69, 9.17) is 9.15 Å². The lowest BCUT2D eigenvalue weighted by molar-refractivity contribution is 0.0729. The summed E-state index contributed by atoms with van der Waals surface area (Å²) in [5.74, 6) is -2.51. The smallest absolute Gasteiger partial charge is 0.343 e. The number of hydrogen-bond acceptors (Lipinski definition) is 6. The Morgan fingerprint density at radius 2 is 1.68 bits per heavy atom. The average molecular weight is 439 g/mol. The highest BCUT2D eigenvalue weighted by atomic mass is 79.9. The van der Waals surface area contributed by atoms with Gasteiger partial charge in [0.25, 0.3) is 0 Å². The van der Waals surface area contributed by atoms with E-state index in [1.54, 1.807) is 30.3 Å². The van der Waals surface area contributed by atoms with E-state index in [1.165, 1.54) is 25.1 Å². The molecule has 1 heterocycles. The van der Waals surface area contributed by atoms with Crippen molar-refractivity contribution in [1.29, 1.82) is 0 Å². The molecule has 28 heavy (non-hydrogen) atoms. The molecule has 4 rings (SSSR count). The first-order chi connectivity index (χ1) is 13.4. The molecule has 1 aromatic heterocycles. The summed E-state index contributed by atoms with van der Waals surface area (Å²) in [5, 5.41) is 0. The van der Waals surface area contributed by atoms with Gasteiger partial charge in [0, 0.05) is 12.5 Å². The van der Waals surface area contributed by atoms with Crippen molar-refractivity contribution < 1.29 is 28.3 Å². The fourth-order valence-corrected chi connectivity index (χ4v) is 3.37. The maximum Gasteiger partial charge on any atom is 0.343 e. The Bertz CT molecular complexity index is 1170. The van der Waals surface area contributed by atoms with Crippen LogP contribution in [-0.4, -0.2) is 23.3 Å². The summed E-state index contributed by atoms with van der Waals surface area (Å²) in [7, 11) is 0. The number of benzene rings is 2. The van der Waals surface area contributed by atoms with Crippen LogP contribution in [0.2, 0.25) is 0 Å². The van der Waals surface area contributed by atoms with Crippen LogP contribution in [0.1, 0.15) is 59.9 Å². The molecule has 138 valence electrons. The number of ketones is 3. The lowest BCUT2D eigenvalue weighted by Gasteiger charge is -2.17. The lowest BCUT2D eigenvalue weighted by Crippen LogP contribution is -2.22. The van der Waals surface area contributed by atoms with Gasteiger partial charge in [0.2, 0.25) is 11.6 Å². The molecule has 0 saturated carbocycles. The van der Waals surface area contributed by atoms with E-state index in [0.717, 1.165) is 0 Å². The second-order valence-electron chi connectivity index (χ2n) is 6.12. The molecule has 0 fully saturated rings. The molecule has 6 nitrogen and oxygen atoms in total. The van der Waals surface area contributed by atoms with Gasteiger partial charge < -0.3 is 9.15 Å². The minimum Gasteiger partial charge on any atom is -0.449 e. The van der Waals surface area contributed by atoms with Gasteiger partial charge in [-0.1, -0.05) is 18.2 Å². The highest BCUT2D eigenvalue weighted by Crippen LogP contribution is 2.39. The molecule has 0 radical (unpaired) electrons. The molecule has 0 unspecified atom stereocenters. The third-order valence-electron chi connectivity index (χ3n) is 4.32. The topological polar surface area (TPSA) is 90.7 Å². The Morgan fingerprint density at radius 3 is 2.36 bits per heavy atom. The first-order valence-corrected chi connectivity index (χ1v) is 9.01. The molecule has 7 heteroatoms. The van der Waals surface area contributed by atoms with E-state index in [1.807, 2.05) is 0 Å². The molecule has 1 aliphatic carbocycles. The van der Waals surface area contributed by atoms with Gasteiger partial charge in [0.1, 0.15) is 0 Å². The molecule has 0 amide bonds. The van der Waals surface area contributed by atoms with Crippen molar-refractivity contribution >= 4 is 39.2 Å². The van der Waals surface area contributed by atoms with Gasteiger partial charge >= 0.3 is 5.97 Å². The molecule has 0 spiro atoms. The summed E-state index contributed by atoms with van der Waals surface area (Å²) in [5.41, 5.74) is 0.260. The predicted octanol–water partition coefficient (Wildman–Crippen LogP) is 4.24. The van der Waals surface area contributed by atoms with Crippen molar-refractivity contribution in [3.63, 3.8) is 0 Å². The van der Waals surface area contributed by atoms with Crippen LogP contribution in [0.15, 0.2) is 57.4 Å². The van der Waals surface area contributed by atoms with Crippen LogP contribution in [0.4, 0.5) is 0 Å². The molecule has 0 aliphatic heterocycles. The summed E-state index contributed by atoms with van der Waals surface area (Å²) < 4.78 is 11.1. The number of halogens is 1. The van der Waals surface area contributed by atoms with Crippen molar-refractivity contribution in [3.8, 4) is 5.75 Å². The van der Waals surface area contributed by atoms with Crippen molar-refractivity contribution in [1.82, 2.24) is 0 Å². The molecule has 0 atom stereocenters. The van der Waals surface area contributed by atoms with E-state index >= 15 is 0 Å². The molecule has 1 aliphatic rings. The first kappa shape index (κ1) is 18.1. The molecular formula is C21H11BrO6. The van der Waals surface area contributed by atoms with E-state index in [9.17, 15) is 19.2 Å². The lowest BCUT2D eigenvalue weighted by atomic mass is 9.88. The van der Waals surface area contributed by atoms with Gasteiger partial charge in [-0.3, -0.25) is 14.4 Å². The number of furan rings is 1. The summed E-state index contributed by atoms with van der Waals surface area (Å²) in [6, 6.07) is 12.5. The zero-order valence-electron chi connectivity index (χ0n) is 14.4. The third kappa shape index (κ3) is 2.80. The highest BCUT2D eigenvalue weighted by molar-refractivity contribution is 9.10. The van der Waals surface area contributed by atoms with Crippen molar-refractivity contribution in [3.05, 3.63) is 86.8 Å². The second kappa shape index (κ2) is 6.69. The molecular weight excluding hydrogens is 428 g/mol. The quantitative estimate of drug-likeness (QED) is 0.270. The van der Waals surface area contributed by atoms with Crippen LogP contribution in [0.3, 0.4) is 0 Å². The van der Waals surface area contributed by atoms with Crippen LogP contribution in [0, 0.1) is 0 Å². The number of esters is 1. The Balaban J connectivity index is 1.83. The van der Waals surface area contributed by atoms with Gasteiger partial charge in [-0.15, -0.1) is 0 Å². The van der Waals surface area contributed by atoms with Crippen molar-refractivity contribution in [2.45, 2.75) is 6.92 Å². The Hall–Kier alpha value is -3.32. The van der Waals surface area contributed by atoms with Gasteiger partial charge in [-0.25, -0.2) is 4.79 Å². The summed E-state index contributed by atoms with van der Waals surface area (Å²) in [6.07, 6.45) is 0. The normalized spacial score (nSPS) is 12.4. The van der Waals surface area contributed by atoms with Gasteiger partial charge in [-0.2, -0.15) is 0 Å². The monoisotopic (exact) mass is 438 g/mol. The molecule has 2 aromatic carbocycles. The Morgan fingerprint density at radius 1 is 0.964 bits per heavy atom. The Kier molecular flexibility index (Phi) is 4.31. The van der Waals surface area contributed by atoms with Crippen molar-refractivity contribution in [2.24, 2.45) is 0 Å². The zero-order valence-corrected chi connectivity index (χ0v) is 16.0. The predicted molar refractivity (Wildman–Crippen MR) is 101 cm³/mol. The SMILES string of the molecule is CC(=O)c1cc2c(o1)C(=O)c1ccc(Br)c(OC(=O)c3ccccc3)c1C2=O. The third-order valence-corrected chi connectivity index (χ3v) is 4.94. The minimum atomic E-state index is -0.669. The van der Waals surface area contributed by atoms with Crippen LogP contribution in [0.25, 0.3) is 0 Å². The number of carbonyl (C=O) groups is 4. The van der Waals surface area contributed by atoms with E-state index < -0.39 is 23.3 Å². The van der Waals surface area contributed by atoms with Crippen LogP contribution in [0.5, 0.6) is 5.75 Å². The minimum absolute atomic E-state index is 0.0298. The summed E-state index contributed by atoms with van der Waals surface area (Å²) >= 11 is 3.27. The fraction of sp³-hybridized carbons (Fsp3) is 0.0476. The van der Waals surface area contributed by atoms with E-state index in [0.29, 0.717) is 10.0 Å². The number of rotatable bonds is 3. The maximum absolute atomic E-state index is 13.0. The van der Waals surface area contributed by atoms with E-state index in [-0.39, 0.29) is 34.0 Å². The zero-order chi connectivity index (χ0) is 20.0. The number of carbonyl (C=O) groups excluding carboxylic acids is 4. The average Bonchev–Trinajstić information content (AvgIpc) is 3.14. The molecule has 0 saturated heterocycles. The summed E-state index contributed by atoms with van der Waals surface area (Å²) in [4.78, 5) is 49.9. The van der Waals surface area contributed by atoms with Crippen LogP contribution in [-0.2, 0) is 0 Å². The second-order valence-corrected chi connectivity index (χ2v) is 6.98. The first-order valence-electron chi connectivity index (χ1n) is 8.22. The highest BCUT2D eigenvalue weighted by Gasteiger charge is 2.37. The number of Topliss-reactive ketones (excluding diaryl/α,β-unsaturated/α-hetero) is 1. The van der Waals surface area contributed by atoms with E-state index in [2.05, 4.69) is 15.9 Å². The van der Waals surface area contributed by atoms with Gasteiger partial charge in [0.05, 0.1) is 21.2 Å². The fourth-order valence-electron chi connectivity index (χ4n) is 2.96.